The highest BCUT2D eigenvalue weighted by molar-refractivity contribution is 7.10. The van der Waals surface area contributed by atoms with Crippen molar-refractivity contribution in [2.24, 2.45) is 0 Å². The van der Waals surface area contributed by atoms with Crippen molar-refractivity contribution in [1.29, 1.82) is 0 Å². The topological polar surface area (TPSA) is 15.7 Å². The van der Waals surface area contributed by atoms with Gasteiger partial charge in [-0.3, -0.25) is 9.80 Å². The van der Waals surface area contributed by atoms with Crippen LogP contribution in [0.2, 0.25) is 0 Å². The molecule has 0 amide bonds. The van der Waals surface area contributed by atoms with Gasteiger partial charge in [0.05, 0.1) is 12.7 Å². The summed E-state index contributed by atoms with van der Waals surface area (Å²) in [6.45, 7) is 7.86. The van der Waals surface area contributed by atoms with Gasteiger partial charge in [0.1, 0.15) is 0 Å². The monoisotopic (exact) mass is 370 g/mol. The Kier molecular flexibility index (Phi) is 6.39. The molecular weight excluding hydrogens is 340 g/mol. The molecule has 2 aliphatic rings. The Labute approximate surface area is 161 Å². The van der Waals surface area contributed by atoms with E-state index in [1.54, 1.807) is 0 Å². The summed E-state index contributed by atoms with van der Waals surface area (Å²) in [4.78, 5) is 6.69. The smallest absolute Gasteiger partial charge is 0.0720 e. The van der Waals surface area contributed by atoms with Crippen LogP contribution < -0.4 is 0 Å². The Morgan fingerprint density at radius 2 is 1.62 bits per heavy atom. The van der Waals surface area contributed by atoms with Gasteiger partial charge in [0.15, 0.2) is 0 Å². The third-order valence-corrected chi connectivity index (χ3v) is 6.53. The van der Waals surface area contributed by atoms with Gasteiger partial charge in [-0.15, -0.1) is 11.3 Å². The third-order valence-electron chi connectivity index (χ3n) is 5.56. The highest BCUT2D eigenvalue weighted by atomic mass is 32.1. The predicted octanol–water partition coefficient (Wildman–Crippen LogP) is 4.53. The van der Waals surface area contributed by atoms with E-state index in [4.69, 9.17) is 4.74 Å². The minimum Gasteiger partial charge on any atom is -0.373 e. The maximum atomic E-state index is 6.12. The van der Waals surface area contributed by atoms with Gasteiger partial charge in [-0.05, 0) is 61.3 Å². The SMILES string of the molecule is c1ccc(COC2CCN(Cc3cc(CN4CCCC4)cs3)CC2)cc1. The maximum absolute atomic E-state index is 6.12. The summed E-state index contributed by atoms with van der Waals surface area (Å²) in [5.74, 6) is 0. The molecule has 2 aliphatic heterocycles. The molecule has 1 aromatic heterocycles. The van der Waals surface area contributed by atoms with Crippen molar-refractivity contribution in [2.45, 2.75) is 51.5 Å². The summed E-state index contributed by atoms with van der Waals surface area (Å²) in [6, 6.07) is 12.9. The number of benzene rings is 1. The average molecular weight is 371 g/mol. The van der Waals surface area contributed by atoms with Gasteiger partial charge >= 0.3 is 0 Å². The van der Waals surface area contributed by atoms with E-state index in [-0.39, 0.29) is 0 Å². The van der Waals surface area contributed by atoms with E-state index in [1.807, 2.05) is 11.3 Å². The van der Waals surface area contributed by atoms with Crippen molar-refractivity contribution >= 4 is 11.3 Å². The van der Waals surface area contributed by atoms with Crippen LogP contribution in [0.5, 0.6) is 0 Å². The zero-order chi connectivity index (χ0) is 17.6. The predicted molar refractivity (Wildman–Crippen MR) is 108 cm³/mol. The summed E-state index contributed by atoms with van der Waals surface area (Å²) in [7, 11) is 0. The number of ether oxygens (including phenoxy) is 1. The van der Waals surface area contributed by atoms with Crippen LogP contribution in [0.3, 0.4) is 0 Å². The second-order valence-electron chi connectivity index (χ2n) is 7.68. The molecule has 0 radical (unpaired) electrons. The highest BCUT2D eigenvalue weighted by Gasteiger charge is 2.20. The highest BCUT2D eigenvalue weighted by Crippen LogP contribution is 2.23. The van der Waals surface area contributed by atoms with Crippen molar-refractivity contribution < 1.29 is 4.74 Å². The van der Waals surface area contributed by atoms with Crippen molar-refractivity contribution in [2.75, 3.05) is 26.2 Å². The lowest BCUT2D eigenvalue weighted by Crippen LogP contribution is -2.36. The van der Waals surface area contributed by atoms with Crippen molar-refractivity contribution in [1.82, 2.24) is 9.80 Å². The summed E-state index contributed by atoms with van der Waals surface area (Å²) in [6.07, 6.45) is 5.47. The minimum atomic E-state index is 0.417. The lowest BCUT2D eigenvalue weighted by molar-refractivity contribution is -0.00377. The van der Waals surface area contributed by atoms with E-state index >= 15 is 0 Å². The zero-order valence-corrected chi connectivity index (χ0v) is 16.4. The summed E-state index contributed by atoms with van der Waals surface area (Å²) >= 11 is 1.94. The lowest BCUT2D eigenvalue weighted by Gasteiger charge is -2.31. The van der Waals surface area contributed by atoms with Gasteiger partial charge in [-0.25, -0.2) is 0 Å². The van der Waals surface area contributed by atoms with Crippen LogP contribution >= 0.6 is 11.3 Å². The van der Waals surface area contributed by atoms with Gasteiger partial charge in [-0.2, -0.15) is 0 Å². The largest absolute Gasteiger partial charge is 0.373 e. The number of rotatable bonds is 7. The summed E-state index contributed by atoms with van der Waals surface area (Å²) in [5.41, 5.74) is 2.78. The molecule has 4 heteroatoms. The van der Waals surface area contributed by atoms with Crippen LogP contribution in [-0.4, -0.2) is 42.1 Å². The van der Waals surface area contributed by atoms with Crippen molar-refractivity contribution in [3.05, 3.63) is 57.8 Å². The van der Waals surface area contributed by atoms with E-state index in [0.29, 0.717) is 6.10 Å². The first-order valence-electron chi connectivity index (χ1n) is 10.0. The summed E-state index contributed by atoms with van der Waals surface area (Å²) in [5, 5.41) is 2.36. The van der Waals surface area contributed by atoms with Crippen LogP contribution in [0.25, 0.3) is 0 Å². The molecule has 0 N–H and O–H groups in total. The first kappa shape index (κ1) is 18.2. The second-order valence-corrected chi connectivity index (χ2v) is 8.67. The molecule has 26 heavy (non-hydrogen) atoms. The Morgan fingerprint density at radius 1 is 0.885 bits per heavy atom. The molecular formula is C22H30N2OS. The fourth-order valence-electron chi connectivity index (χ4n) is 4.03. The molecule has 0 saturated carbocycles. The van der Waals surface area contributed by atoms with Crippen molar-refractivity contribution in [3.8, 4) is 0 Å². The molecule has 3 heterocycles. The molecule has 0 bridgehead atoms. The van der Waals surface area contributed by atoms with Crippen molar-refractivity contribution in [3.63, 3.8) is 0 Å². The molecule has 4 rings (SSSR count). The second kappa shape index (κ2) is 9.14. The third kappa shape index (κ3) is 5.17. The van der Waals surface area contributed by atoms with Crippen LogP contribution in [0, 0.1) is 0 Å². The zero-order valence-electron chi connectivity index (χ0n) is 15.6. The number of likely N-dealkylation sites (tertiary alicyclic amines) is 2. The molecule has 0 aliphatic carbocycles. The van der Waals surface area contributed by atoms with Crippen LogP contribution in [0.4, 0.5) is 0 Å². The van der Waals surface area contributed by atoms with Gasteiger partial charge < -0.3 is 4.74 Å². The van der Waals surface area contributed by atoms with Gasteiger partial charge in [0.25, 0.3) is 0 Å². The van der Waals surface area contributed by atoms with Crippen LogP contribution in [-0.2, 0) is 24.4 Å². The number of hydrogen-bond acceptors (Lipinski definition) is 4. The molecule has 2 saturated heterocycles. The number of nitrogens with zero attached hydrogens (tertiary/aromatic N) is 2. The van der Waals surface area contributed by atoms with Crippen LogP contribution in [0.15, 0.2) is 41.8 Å². The number of thiophene rings is 1. The molecule has 2 fully saturated rings. The maximum Gasteiger partial charge on any atom is 0.0720 e. The number of hydrogen-bond donors (Lipinski definition) is 0. The quantitative estimate of drug-likeness (QED) is 0.712. The van der Waals surface area contributed by atoms with E-state index in [1.165, 1.54) is 41.9 Å². The standard InChI is InChI=1S/C22H30N2OS/c1-2-6-19(7-3-1)17-25-21-8-12-24(13-9-21)16-22-14-20(18-26-22)15-23-10-4-5-11-23/h1-3,6-7,14,18,21H,4-5,8-13,15-17H2. The molecule has 0 unspecified atom stereocenters. The van der Waals surface area contributed by atoms with Crippen LogP contribution in [0.1, 0.15) is 41.7 Å². The minimum absolute atomic E-state index is 0.417. The average Bonchev–Trinajstić information content (AvgIpc) is 3.35. The van der Waals surface area contributed by atoms with E-state index in [9.17, 15) is 0 Å². The van der Waals surface area contributed by atoms with E-state index < -0.39 is 0 Å². The van der Waals surface area contributed by atoms with Gasteiger partial charge in [0, 0.05) is 31.1 Å². The van der Waals surface area contributed by atoms with E-state index in [2.05, 4.69) is 51.6 Å². The molecule has 2 aromatic rings. The first-order valence-corrected chi connectivity index (χ1v) is 10.9. The van der Waals surface area contributed by atoms with Gasteiger partial charge in [-0.1, -0.05) is 30.3 Å². The Balaban J connectivity index is 1.18. The lowest BCUT2D eigenvalue weighted by atomic mass is 10.1. The normalized spacial score (nSPS) is 20.0. The summed E-state index contributed by atoms with van der Waals surface area (Å²) < 4.78 is 6.12. The number of piperidine rings is 1. The first-order chi connectivity index (χ1) is 12.8. The van der Waals surface area contributed by atoms with E-state index in [0.717, 1.165) is 45.6 Å². The molecule has 1 aromatic carbocycles. The fourth-order valence-corrected chi connectivity index (χ4v) is 4.96. The molecule has 140 valence electrons. The Bertz CT molecular complexity index is 658. The fraction of sp³-hybridized carbons (Fsp3) is 0.545. The molecule has 3 nitrogen and oxygen atoms in total. The van der Waals surface area contributed by atoms with Gasteiger partial charge in [0.2, 0.25) is 0 Å². The molecule has 0 spiro atoms. The Morgan fingerprint density at radius 3 is 2.38 bits per heavy atom. The molecule has 0 atom stereocenters. The Hall–Kier alpha value is -1.20.